The SMILES string of the molecule is CCCNC(=O)C(C)N1CCC(NC2CC2)C1=O. The van der Waals surface area contributed by atoms with Gasteiger partial charge >= 0.3 is 0 Å². The fraction of sp³-hybridized carbons (Fsp3) is 0.846. The van der Waals surface area contributed by atoms with Gasteiger partial charge in [-0.25, -0.2) is 0 Å². The van der Waals surface area contributed by atoms with Crippen LogP contribution in [0.25, 0.3) is 0 Å². The number of amides is 2. The van der Waals surface area contributed by atoms with E-state index >= 15 is 0 Å². The Morgan fingerprint density at radius 2 is 2.17 bits per heavy atom. The van der Waals surface area contributed by atoms with Crippen molar-refractivity contribution in [2.45, 2.75) is 57.7 Å². The Labute approximate surface area is 108 Å². The van der Waals surface area contributed by atoms with E-state index in [1.54, 1.807) is 4.90 Å². The summed E-state index contributed by atoms with van der Waals surface area (Å²) in [7, 11) is 0. The summed E-state index contributed by atoms with van der Waals surface area (Å²) in [5, 5.41) is 6.19. The molecule has 2 fully saturated rings. The van der Waals surface area contributed by atoms with Crippen molar-refractivity contribution in [2.24, 2.45) is 0 Å². The molecule has 2 rings (SSSR count). The lowest BCUT2D eigenvalue weighted by Gasteiger charge is -2.24. The number of nitrogens with one attached hydrogen (secondary N) is 2. The van der Waals surface area contributed by atoms with Crippen molar-refractivity contribution in [1.82, 2.24) is 15.5 Å². The van der Waals surface area contributed by atoms with E-state index in [0.717, 1.165) is 12.8 Å². The summed E-state index contributed by atoms with van der Waals surface area (Å²) in [5.41, 5.74) is 0. The molecule has 5 nitrogen and oxygen atoms in total. The van der Waals surface area contributed by atoms with Gasteiger partial charge in [-0.2, -0.15) is 0 Å². The van der Waals surface area contributed by atoms with Gasteiger partial charge in [0, 0.05) is 19.1 Å². The summed E-state index contributed by atoms with van der Waals surface area (Å²) in [4.78, 5) is 25.7. The van der Waals surface area contributed by atoms with E-state index in [9.17, 15) is 9.59 Å². The van der Waals surface area contributed by atoms with Gasteiger partial charge in [-0.3, -0.25) is 9.59 Å². The molecule has 2 atom stereocenters. The first kappa shape index (κ1) is 13.3. The maximum atomic E-state index is 12.2. The molecule has 0 aromatic carbocycles. The van der Waals surface area contributed by atoms with Crippen LogP contribution in [0.3, 0.4) is 0 Å². The fourth-order valence-electron chi connectivity index (χ4n) is 2.31. The van der Waals surface area contributed by atoms with Gasteiger partial charge in [0.2, 0.25) is 11.8 Å². The van der Waals surface area contributed by atoms with Crippen LogP contribution >= 0.6 is 0 Å². The zero-order chi connectivity index (χ0) is 13.1. The number of likely N-dealkylation sites (tertiary alicyclic amines) is 1. The molecule has 1 aliphatic heterocycles. The third-order valence-electron chi connectivity index (χ3n) is 3.65. The minimum absolute atomic E-state index is 0.0442. The highest BCUT2D eigenvalue weighted by molar-refractivity contribution is 5.90. The van der Waals surface area contributed by atoms with E-state index in [1.807, 2.05) is 13.8 Å². The first-order valence-corrected chi connectivity index (χ1v) is 6.97. The topological polar surface area (TPSA) is 61.4 Å². The Balaban J connectivity index is 1.84. The van der Waals surface area contributed by atoms with E-state index in [4.69, 9.17) is 0 Å². The summed E-state index contributed by atoms with van der Waals surface area (Å²) in [6.45, 7) is 5.18. The molecule has 0 aromatic rings. The number of nitrogens with zero attached hydrogens (tertiary/aromatic N) is 1. The highest BCUT2D eigenvalue weighted by atomic mass is 16.2. The fourth-order valence-corrected chi connectivity index (χ4v) is 2.31. The predicted octanol–water partition coefficient (Wildman–Crippen LogP) is 0.254. The van der Waals surface area contributed by atoms with E-state index < -0.39 is 0 Å². The monoisotopic (exact) mass is 253 g/mol. The van der Waals surface area contributed by atoms with Crippen molar-refractivity contribution >= 4 is 11.8 Å². The van der Waals surface area contributed by atoms with Crippen LogP contribution in [-0.4, -0.2) is 47.9 Å². The van der Waals surface area contributed by atoms with E-state index in [0.29, 0.717) is 19.1 Å². The number of rotatable bonds is 6. The molecule has 1 aliphatic carbocycles. The molecule has 2 amide bonds. The lowest BCUT2D eigenvalue weighted by Crippen LogP contribution is -2.48. The molecule has 1 saturated heterocycles. The molecule has 0 radical (unpaired) electrons. The van der Waals surface area contributed by atoms with Gasteiger partial charge in [0.15, 0.2) is 0 Å². The van der Waals surface area contributed by atoms with Gasteiger partial charge in [0.05, 0.1) is 6.04 Å². The standard InChI is InChI=1S/C13H23N3O2/c1-3-7-14-12(17)9(2)16-8-6-11(13(16)18)15-10-4-5-10/h9-11,15H,3-8H2,1-2H3,(H,14,17). The van der Waals surface area contributed by atoms with Crippen molar-refractivity contribution in [1.29, 1.82) is 0 Å². The van der Waals surface area contributed by atoms with E-state index in [-0.39, 0.29) is 23.9 Å². The second-order valence-corrected chi connectivity index (χ2v) is 5.28. The minimum Gasteiger partial charge on any atom is -0.354 e. The van der Waals surface area contributed by atoms with Gasteiger partial charge in [-0.1, -0.05) is 6.92 Å². The molecule has 5 heteroatoms. The van der Waals surface area contributed by atoms with Crippen molar-refractivity contribution in [3.8, 4) is 0 Å². The zero-order valence-electron chi connectivity index (χ0n) is 11.2. The molecule has 102 valence electrons. The van der Waals surface area contributed by atoms with E-state index in [2.05, 4.69) is 10.6 Å². The summed E-state index contributed by atoms with van der Waals surface area (Å²) in [5.74, 6) is 0.0401. The summed E-state index contributed by atoms with van der Waals surface area (Å²) >= 11 is 0. The molecular weight excluding hydrogens is 230 g/mol. The molecular formula is C13H23N3O2. The van der Waals surface area contributed by atoms with Crippen LogP contribution in [0.15, 0.2) is 0 Å². The number of hydrogen-bond donors (Lipinski definition) is 2. The van der Waals surface area contributed by atoms with Crippen LogP contribution in [0.4, 0.5) is 0 Å². The normalized spacial score (nSPS) is 25.3. The molecule has 2 unspecified atom stereocenters. The Hall–Kier alpha value is -1.10. The second kappa shape index (κ2) is 5.69. The first-order chi connectivity index (χ1) is 8.63. The average molecular weight is 253 g/mol. The maximum Gasteiger partial charge on any atom is 0.242 e. The molecule has 0 spiro atoms. The number of hydrogen-bond acceptors (Lipinski definition) is 3. The summed E-state index contributed by atoms with van der Waals surface area (Å²) < 4.78 is 0. The molecule has 0 aromatic heterocycles. The number of carbonyl (C=O) groups is 2. The zero-order valence-corrected chi connectivity index (χ0v) is 11.2. The van der Waals surface area contributed by atoms with Crippen LogP contribution in [0, 0.1) is 0 Å². The first-order valence-electron chi connectivity index (χ1n) is 6.97. The Bertz CT molecular complexity index is 328. The van der Waals surface area contributed by atoms with Crippen LogP contribution < -0.4 is 10.6 Å². The average Bonchev–Trinajstić information content (AvgIpc) is 3.11. The third kappa shape index (κ3) is 3.02. The van der Waals surface area contributed by atoms with Crippen LogP contribution in [0.5, 0.6) is 0 Å². The molecule has 2 N–H and O–H groups in total. The smallest absolute Gasteiger partial charge is 0.242 e. The van der Waals surface area contributed by atoms with Gasteiger partial charge in [0.25, 0.3) is 0 Å². The Morgan fingerprint density at radius 1 is 1.44 bits per heavy atom. The van der Waals surface area contributed by atoms with Crippen molar-refractivity contribution < 1.29 is 9.59 Å². The van der Waals surface area contributed by atoms with Gasteiger partial charge < -0.3 is 15.5 Å². The van der Waals surface area contributed by atoms with Gasteiger partial charge in [0.1, 0.15) is 6.04 Å². The lowest BCUT2D eigenvalue weighted by atomic mass is 10.2. The summed E-state index contributed by atoms with van der Waals surface area (Å²) in [6.07, 6.45) is 4.09. The van der Waals surface area contributed by atoms with Crippen molar-refractivity contribution in [2.75, 3.05) is 13.1 Å². The molecule has 0 bridgehead atoms. The highest BCUT2D eigenvalue weighted by Crippen LogP contribution is 2.23. The molecule has 18 heavy (non-hydrogen) atoms. The van der Waals surface area contributed by atoms with Gasteiger partial charge in [-0.15, -0.1) is 0 Å². The molecule has 2 aliphatic rings. The predicted molar refractivity (Wildman–Crippen MR) is 69.0 cm³/mol. The van der Waals surface area contributed by atoms with Crippen LogP contribution in [-0.2, 0) is 9.59 Å². The Morgan fingerprint density at radius 3 is 2.78 bits per heavy atom. The highest BCUT2D eigenvalue weighted by Gasteiger charge is 2.38. The largest absolute Gasteiger partial charge is 0.354 e. The van der Waals surface area contributed by atoms with Crippen molar-refractivity contribution in [3.05, 3.63) is 0 Å². The minimum atomic E-state index is -0.352. The second-order valence-electron chi connectivity index (χ2n) is 5.28. The molecule has 1 heterocycles. The third-order valence-corrected chi connectivity index (χ3v) is 3.65. The van der Waals surface area contributed by atoms with Crippen molar-refractivity contribution in [3.63, 3.8) is 0 Å². The Kier molecular flexibility index (Phi) is 4.22. The summed E-state index contributed by atoms with van der Waals surface area (Å²) in [6, 6.07) is 0.108. The number of carbonyl (C=O) groups excluding carboxylic acids is 2. The van der Waals surface area contributed by atoms with Crippen LogP contribution in [0.1, 0.15) is 39.5 Å². The van der Waals surface area contributed by atoms with E-state index in [1.165, 1.54) is 12.8 Å². The van der Waals surface area contributed by atoms with Gasteiger partial charge in [-0.05, 0) is 32.6 Å². The molecule has 1 saturated carbocycles. The maximum absolute atomic E-state index is 12.2. The van der Waals surface area contributed by atoms with Crippen LogP contribution in [0.2, 0.25) is 0 Å². The quantitative estimate of drug-likeness (QED) is 0.713. The lowest BCUT2D eigenvalue weighted by molar-refractivity contribution is -0.137.